The van der Waals surface area contributed by atoms with Gasteiger partial charge in [0.15, 0.2) is 0 Å². The summed E-state index contributed by atoms with van der Waals surface area (Å²) in [6, 6.07) is 17.8. The zero-order valence-corrected chi connectivity index (χ0v) is 22.8. The second kappa shape index (κ2) is 12.2. The number of ether oxygens (including phenoxy) is 3. The van der Waals surface area contributed by atoms with E-state index in [4.69, 9.17) is 30.2 Å². The van der Waals surface area contributed by atoms with Gasteiger partial charge in [-0.05, 0) is 69.7 Å². The Balaban J connectivity index is 1.50. The molecule has 0 unspecified atom stereocenters. The summed E-state index contributed by atoms with van der Waals surface area (Å²) in [5.74, 6) is 0.766. The standard InChI is InChI=1S/C26H20BrClN2O6S/c1-33-18-11-17(12-19(13-18)34-2)24-29-30-26(36-24)37-23(25(31)32)10-15-7-8-22(20(27)9-15)35-14-16-5-3-4-6-21(16)28/h3-13H,14H2,1-2H3,(H,31,32)/b23-10-. The van der Waals surface area contributed by atoms with E-state index in [0.29, 0.717) is 44.5 Å². The van der Waals surface area contributed by atoms with Crippen molar-refractivity contribution < 1.29 is 28.5 Å². The van der Waals surface area contributed by atoms with Crippen LogP contribution in [0.3, 0.4) is 0 Å². The number of hydrogen-bond donors (Lipinski definition) is 1. The molecule has 3 aromatic carbocycles. The van der Waals surface area contributed by atoms with E-state index in [1.807, 2.05) is 18.2 Å². The number of methoxy groups -OCH3 is 2. The van der Waals surface area contributed by atoms with Gasteiger partial charge in [0.1, 0.15) is 28.8 Å². The number of aliphatic carboxylic acids is 1. The number of hydrogen-bond acceptors (Lipinski definition) is 8. The molecule has 0 aliphatic carbocycles. The summed E-state index contributed by atoms with van der Waals surface area (Å²) < 4.78 is 22.8. The first-order valence-electron chi connectivity index (χ1n) is 10.7. The number of rotatable bonds is 10. The number of benzene rings is 3. The minimum absolute atomic E-state index is 0.00458. The molecule has 1 N–H and O–H groups in total. The van der Waals surface area contributed by atoms with Crippen LogP contribution in [0.5, 0.6) is 17.2 Å². The van der Waals surface area contributed by atoms with Crippen LogP contribution in [-0.2, 0) is 11.4 Å². The zero-order chi connectivity index (χ0) is 26.4. The van der Waals surface area contributed by atoms with Gasteiger partial charge < -0.3 is 23.7 Å². The average Bonchev–Trinajstić information content (AvgIpc) is 3.37. The Labute approximate surface area is 230 Å². The van der Waals surface area contributed by atoms with Crippen molar-refractivity contribution in [2.45, 2.75) is 11.8 Å². The molecule has 190 valence electrons. The lowest BCUT2D eigenvalue weighted by molar-refractivity contribution is -0.131. The molecule has 0 spiro atoms. The lowest BCUT2D eigenvalue weighted by atomic mass is 10.2. The predicted molar refractivity (Wildman–Crippen MR) is 144 cm³/mol. The van der Waals surface area contributed by atoms with Crippen LogP contribution < -0.4 is 14.2 Å². The summed E-state index contributed by atoms with van der Waals surface area (Å²) >= 11 is 10.5. The van der Waals surface area contributed by atoms with E-state index in [1.54, 1.807) is 42.5 Å². The second-order valence-corrected chi connectivity index (χ2v) is 9.71. The van der Waals surface area contributed by atoms with Crippen LogP contribution >= 0.6 is 39.3 Å². The lowest BCUT2D eigenvalue weighted by Crippen LogP contribution is -1.98. The third-order valence-electron chi connectivity index (χ3n) is 5.01. The first-order valence-corrected chi connectivity index (χ1v) is 12.7. The molecule has 0 aliphatic rings. The van der Waals surface area contributed by atoms with E-state index >= 15 is 0 Å². The molecule has 0 saturated carbocycles. The maximum absolute atomic E-state index is 11.9. The van der Waals surface area contributed by atoms with Gasteiger partial charge in [0.25, 0.3) is 5.22 Å². The van der Waals surface area contributed by atoms with E-state index in [1.165, 1.54) is 20.3 Å². The highest BCUT2D eigenvalue weighted by Crippen LogP contribution is 2.34. The van der Waals surface area contributed by atoms with Gasteiger partial charge >= 0.3 is 5.97 Å². The molecule has 4 aromatic rings. The molecule has 1 aromatic heterocycles. The van der Waals surface area contributed by atoms with Crippen LogP contribution in [0.4, 0.5) is 0 Å². The van der Waals surface area contributed by atoms with Crippen LogP contribution in [0.2, 0.25) is 5.02 Å². The van der Waals surface area contributed by atoms with Crippen LogP contribution in [-0.4, -0.2) is 35.5 Å². The van der Waals surface area contributed by atoms with Crippen molar-refractivity contribution >= 4 is 51.3 Å². The Hall–Kier alpha value is -3.47. The molecule has 0 saturated heterocycles. The van der Waals surface area contributed by atoms with Crippen molar-refractivity contribution in [2.75, 3.05) is 14.2 Å². The molecule has 0 atom stereocenters. The number of carboxylic acids is 1. The summed E-state index contributed by atoms with van der Waals surface area (Å²) in [4.78, 5) is 11.9. The maximum atomic E-state index is 11.9. The number of thioether (sulfide) groups is 1. The molecule has 0 fully saturated rings. The average molecular weight is 604 g/mol. The molecular formula is C26H20BrClN2O6S. The molecule has 0 radical (unpaired) electrons. The monoisotopic (exact) mass is 602 g/mol. The molecule has 11 heteroatoms. The van der Waals surface area contributed by atoms with Gasteiger partial charge in [-0.25, -0.2) is 4.79 Å². The topological polar surface area (TPSA) is 104 Å². The molecule has 0 aliphatic heterocycles. The van der Waals surface area contributed by atoms with Crippen molar-refractivity contribution in [1.82, 2.24) is 10.2 Å². The smallest absolute Gasteiger partial charge is 0.342 e. The van der Waals surface area contributed by atoms with Gasteiger partial charge in [-0.3, -0.25) is 0 Å². The van der Waals surface area contributed by atoms with Crippen molar-refractivity contribution in [3.63, 3.8) is 0 Å². The van der Waals surface area contributed by atoms with Crippen LogP contribution in [0, 0.1) is 0 Å². The first kappa shape index (κ1) is 26.6. The van der Waals surface area contributed by atoms with Gasteiger partial charge in [0.2, 0.25) is 5.89 Å². The van der Waals surface area contributed by atoms with E-state index in [2.05, 4.69) is 26.1 Å². The largest absolute Gasteiger partial charge is 0.497 e. The van der Waals surface area contributed by atoms with Gasteiger partial charge in [-0.15, -0.1) is 10.2 Å². The number of carboxylic acid groups (broad SMARTS) is 1. The van der Waals surface area contributed by atoms with Crippen molar-refractivity contribution in [2.24, 2.45) is 0 Å². The van der Waals surface area contributed by atoms with E-state index in [-0.39, 0.29) is 16.0 Å². The maximum Gasteiger partial charge on any atom is 0.342 e. The Morgan fingerprint density at radius 1 is 1.08 bits per heavy atom. The predicted octanol–water partition coefficient (Wildman–Crippen LogP) is 6.97. The van der Waals surface area contributed by atoms with Crippen molar-refractivity contribution in [3.05, 3.63) is 86.2 Å². The van der Waals surface area contributed by atoms with E-state index < -0.39 is 5.97 Å². The fraction of sp³-hybridized carbons (Fsp3) is 0.115. The second-order valence-electron chi connectivity index (χ2n) is 7.46. The SMILES string of the molecule is COc1cc(OC)cc(-c2nnc(S/C(=C\c3ccc(OCc4ccccc4Cl)c(Br)c3)C(=O)O)o2)c1. The Kier molecular flexibility index (Phi) is 8.75. The van der Waals surface area contributed by atoms with E-state index in [0.717, 1.165) is 17.3 Å². The highest BCUT2D eigenvalue weighted by Gasteiger charge is 2.17. The number of carbonyl (C=O) groups is 1. The van der Waals surface area contributed by atoms with Gasteiger partial charge in [-0.2, -0.15) is 0 Å². The number of nitrogens with zero attached hydrogens (tertiary/aromatic N) is 2. The van der Waals surface area contributed by atoms with E-state index in [9.17, 15) is 9.90 Å². The van der Waals surface area contributed by atoms with Crippen LogP contribution in [0.25, 0.3) is 17.5 Å². The molecule has 8 nitrogen and oxygen atoms in total. The number of halogens is 2. The molecule has 0 bridgehead atoms. The third kappa shape index (κ3) is 6.85. The quantitative estimate of drug-likeness (QED) is 0.152. The van der Waals surface area contributed by atoms with Gasteiger partial charge in [0.05, 0.1) is 18.7 Å². The lowest BCUT2D eigenvalue weighted by Gasteiger charge is -2.10. The third-order valence-corrected chi connectivity index (χ3v) is 6.85. The van der Waals surface area contributed by atoms with Crippen LogP contribution in [0.15, 0.2) is 79.7 Å². The number of aromatic nitrogens is 2. The molecule has 1 heterocycles. The highest BCUT2D eigenvalue weighted by molar-refractivity contribution is 9.10. The Morgan fingerprint density at radius 2 is 1.81 bits per heavy atom. The zero-order valence-electron chi connectivity index (χ0n) is 19.6. The summed E-state index contributed by atoms with van der Waals surface area (Å²) in [6.45, 7) is 0.294. The molecule has 4 rings (SSSR count). The van der Waals surface area contributed by atoms with Crippen molar-refractivity contribution in [1.29, 1.82) is 0 Å². The minimum atomic E-state index is -1.14. The normalized spacial score (nSPS) is 11.3. The molecule has 0 amide bonds. The van der Waals surface area contributed by atoms with Crippen LogP contribution in [0.1, 0.15) is 11.1 Å². The first-order chi connectivity index (χ1) is 17.9. The molecule has 37 heavy (non-hydrogen) atoms. The Bertz CT molecular complexity index is 1440. The Morgan fingerprint density at radius 3 is 2.46 bits per heavy atom. The van der Waals surface area contributed by atoms with Gasteiger partial charge in [0, 0.05) is 22.2 Å². The summed E-state index contributed by atoms with van der Waals surface area (Å²) in [6.07, 6.45) is 1.51. The van der Waals surface area contributed by atoms with Crippen molar-refractivity contribution in [3.8, 4) is 28.7 Å². The summed E-state index contributed by atoms with van der Waals surface area (Å²) in [5, 5.41) is 18.5. The molecular weight excluding hydrogens is 584 g/mol. The fourth-order valence-corrected chi connectivity index (χ4v) is 4.55. The van der Waals surface area contributed by atoms with Gasteiger partial charge in [-0.1, -0.05) is 35.9 Å². The summed E-state index contributed by atoms with van der Waals surface area (Å²) in [5.41, 5.74) is 2.07. The fourth-order valence-electron chi connectivity index (χ4n) is 3.17. The highest BCUT2D eigenvalue weighted by atomic mass is 79.9. The summed E-state index contributed by atoms with van der Waals surface area (Å²) in [7, 11) is 3.07. The minimum Gasteiger partial charge on any atom is -0.497 e.